The fraction of sp³-hybridized carbons (Fsp3) is 0.348. The van der Waals surface area contributed by atoms with Crippen LogP contribution >= 0.6 is 0 Å². The van der Waals surface area contributed by atoms with E-state index in [9.17, 15) is 5.11 Å². The van der Waals surface area contributed by atoms with Gasteiger partial charge in [0.2, 0.25) is 0 Å². The largest absolute Gasteiger partial charge is 0.441 e. The topological polar surface area (TPSA) is 76.5 Å². The third kappa shape index (κ3) is 2.78. The van der Waals surface area contributed by atoms with Crippen molar-refractivity contribution in [2.24, 2.45) is 0 Å². The molecule has 1 aliphatic rings. The number of benzene rings is 1. The molecule has 148 valence electrons. The van der Waals surface area contributed by atoms with Gasteiger partial charge in [-0.25, -0.2) is 4.98 Å². The van der Waals surface area contributed by atoms with E-state index in [-0.39, 0.29) is 5.41 Å². The number of aliphatic hydroxyl groups is 1. The standard InChI is InChI=1S/C23H24N4O2/c1-14-19(29-15(2)24-14)16-7-9-17(10-8-16)23(11-12-23)21-26-25-20-18(22(3,4)28)6-5-13-27(20)21/h5-10,13,28H,11-12H2,1-4H3. The van der Waals surface area contributed by atoms with Crippen molar-refractivity contribution in [1.82, 2.24) is 19.6 Å². The van der Waals surface area contributed by atoms with Crippen LogP contribution in [0.15, 0.2) is 47.0 Å². The van der Waals surface area contributed by atoms with Crippen molar-refractivity contribution < 1.29 is 9.52 Å². The van der Waals surface area contributed by atoms with E-state index in [1.165, 1.54) is 5.56 Å². The highest BCUT2D eigenvalue weighted by molar-refractivity contribution is 5.61. The first-order chi connectivity index (χ1) is 13.8. The molecule has 1 aliphatic carbocycles. The van der Waals surface area contributed by atoms with Gasteiger partial charge in [-0.15, -0.1) is 10.2 Å². The zero-order chi connectivity index (χ0) is 20.4. The van der Waals surface area contributed by atoms with E-state index in [1.54, 1.807) is 13.8 Å². The normalized spacial score (nSPS) is 15.8. The summed E-state index contributed by atoms with van der Waals surface area (Å²) in [6.07, 6.45) is 4.04. The SMILES string of the molecule is Cc1nc(C)c(-c2ccc(C3(c4nnc5c(C(C)(C)O)cccn45)CC3)cc2)o1. The molecular weight excluding hydrogens is 364 g/mol. The van der Waals surface area contributed by atoms with Crippen LogP contribution in [-0.4, -0.2) is 24.7 Å². The van der Waals surface area contributed by atoms with Gasteiger partial charge >= 0.3 is 0 Å². The molecule has 0 bridgehead atoms. The lowest BCUT2D eigenvalue weighted by Crippen LogP contribution is -2.18. The van der Waals surface area contributed by atoms with Gasteiger partial charge < -0.3 is 9.52 Å². The molecule has 1 saturated carbocycles. The van der Waals surface area contributed by atoms with Crippen molar-refractivity contribution >= 4 is 5.65 Å². The zero-order valence-corrected chi connectivity index (χ0v) is 17.1. The molecule has 4 aromatic rings. The summed E-state index contributed by atoms with van der Waals surface area (Å²) < 4.78 is 7.78. The average molecular weight is 388 g/mol. The molecule has 0 unspecified atom stereocenters. The molecule has 0 amide bonds. The molecule has 5 rings (SSSR count). The Bertz CT molecular complexity index is 1210. The van der Waals surface area contributed by atoms with Gasteiger partial charge in [0.05, 0.1) is 16.7 Å². The maximum absolute atomic E-state index is 10.5. The summed E-state index contributed by atoms with van der Waals surface area (Å²) in [4.78, 5) is 4.37. The van der Waals surface area contributed by atoms with E-state index >= 15 is 0 Å². The van der Waals surface area contributed by atoms with E-state index < -0.39 is 5.60 Å². The highest BCUT2D eigenvalue weighted by atomic mass is 16.4. The Labute approximate surface area is 169 Å². The maximum atomic E-state index is 10.5. The number of pyridine rings is 1. The highest BCUT2D eigenvalue weighted by Gasteiger charge is 2.50. The first-order valence-corrected chi connectivity index (χ1v) is 9.92. The first-order valence-electron chi connectivity index (χ1n) is 9.92. The molecule has 1 aromatic carbocycles. The second kappa shape index (κ2) is 6.00. The molecule has 0 spiro atoms. The van der Waals surface area contributed by atoms with Gasteiger partial charge in [0, 0.05) is 24.2 Å². The van der Waals surface area contributed by atoms with Crippen LogP contribution in [0.1, 0.15) is 55.2 Å². The van der Waals surface area contributed by atoms with E-state index in [0.29, 0.717) is 11.5 Å². The summed E-state index contributed by atoms with van der Waals surface area (Å²) in [5, 5.41) is 19.5. The molecule has 0 aliphatic heterocycles. The lowest BCUT2D eigenvalue weighted by atomic mass is 9.93. The molecule has 3 aromatic heterocycles. The monoisotopic (exact) mass is 388 g/mol. The van der Waals surface area contributed by atoms with Crippen LogP contribution in [0, 0.1) is 13.8 Å². The molecular formula is C23H24N4O2. The van der Waals surface area contributed by atoms with Crippen molar-refractivity contribution in [1.29, 1.82) is 0 Å². The van der Waals surface area contributed by atoms with Crippen molar-refractivity contribution in [3.63, 3.8) is 0 Å². The van der Waals surface area contributed by atoms with Crippen LogP contribution in [0.3, 0.4) is 0 Å². The van der Waals surface area contributed by atoms with Gasteiger partial charge in [0.25, 0.3) is 0 Å². The molecule has 0 radical (unpaired) electrons. The second-order valence-corrected chi connectivity index (χ2v) is 8.50. The Morgan fingerprint density at radius 3 is 2.38 bits per heavy atom. The molecule has 3 heterocycles. The van der Waals surface area contributed by atoms with Crippen LogP contribution < -0.4 is 0 Å². The fourth-order valence-corrected chi connectivity index (χ4v) is 4.23. The van der Waals surface area contributed by atoms with Crippen molar-refractivity contribution in [3.05, 3.63) is 71.1 Å². The Morgan fingerprint density at radius 2 is 1.79 bits per heavy atom. The minimum absolute atomic E-state index is 0.136. The molecule has 6 heteroatoms. The first kappa shape index (κ1) is 18.1. The van der Waals surface area contributed by atoms with Gasteiger partial charge in [-0.2, -0.15) is 0 Å². The molecule has 1 fully saturated rings. The third-order valence-corrected chi connectivity index (χ3v) is 5.88. The van der Waals surface area contributed by atoms with Gasteiger partial charge in [0.1, 0.15) is 5.82 Å². The fourth-order valence-electron chi connectivity index (χ4n) is 4.23. The number of nitrogens with zero attached hydrogens (tertiary/aromatic N) is 4. The van der Waals surface area contributed by atoms with Gasteiger partial charge in [-0.05, 0) is 45.2 Å². The Morgan fingerprint density at radius 1 is 1.07 bits per heavy atom. The maximum Gasteiger partial charge on any atom is 0.192 e. The number of aryl methyl sites for hydroxylation is 2. The molecule has 29 heavy (non-hydrogen) atoms. The van der Waals surface area contributed by atoms with Crippen molar-refractivity contribution in [2.45, 2.75) is 51.6 Å². The van der Waals surface area contributed by atoms with Gasteiger partial charge in [0.15, 0.2) is 17.3 Å². The van der Waals surface area contributed by atoms with Crippen molar-refractivity contribution in [2.75, 3.05) is 0 Å². The predicted octanol–water partition coefficient (Wildman–Crippen LogP) is 4.31. The molecule has 6 nitrogen and oxygen atoms in total. The van der Waals surface area contributed by atoms with Crippen LogP contribution in [-0.2, 0) is 11.0 Å². The Kier molecular flexibility index (Phi) is 3.74. The minimum atomic E-state index is -0.974. The van der Waals surface area contributed by atoms with Crippen LogP contribution in [0.4, 0.5) is 0 Å². The third-order valence-electron chi connectivity index (χ3n) is 5.88. The molecule has 1 N–H and O–H groups in total. The number of oxazole rings is 1. The van der Waals surface area contributed by atoms with Crippen LogP contribution in [0.2, 0.25) is 0 Å². The van der Waals surface area contributed by atoms with E-state index in [1.807, 2.05) is 36.6 Å². The van der Waals surface area contributed by atoms with E-state index in [4.69, 9.17) is 4.42 Å². The van der Waals surface area contributed by atoms with Crippen molar-refractivity contribution in [3.8, 4) is 11.3 Å². The molecule has 0 atom stereocenters. The number of rotatable bonds is 4. The summed E-state index contributed by atoms with van der Waals surface area (Å²) in [6.45, 7) is 7.37. The van der Waals surface area contributed by atoms with Crippen LogP contribution in [0.25, 0.3) is 17.0 Å². The number of fused-ring (bicyclic) bond motifs is 1. The highest BCUT2D eigenvalue weighted by Crippen LogP contribution is 2.53. The van der Waals surface area contributed by atoms with Gasteiger partial charge in [-0.3, -0.25) is 4.40 Å². The average Bonchev–Trinajstić information content (AvgIpc) is 3.24. The Hall–Kier alpha value is -2.99. The number of aromatic nitrogens is 4. The van der Waals surface area contributed by atoms with E-state index in [0.717, 1.165) is 41.2 Å². The number of hydrogen-bond donors (Lipinski definition) is 1. The van der Waals surface area contributed by atoms with E-state index in [2.05, 4.69) is 39.4 Å². The van der Waals surface area contributed by atoms with Crippen LogP contribution in [0.5, 0.6) is 0 Å². The second-order valence-electron chi connectivity index (χ2n) is 8.50. The summed E-state index contributed by atoms with van der Waals surface area (Å²) >= 11 is 0. The number of hydrogen-bond acceptors (Lipinski definition) is 5. The summed E-state index contributed by atoms with van der Waals surface area (Å²) in [7, 11) is 0. The predicted molar refractivity (Wildman–Crippen MR) is 110 cm³/mol. The lowest BCUT2D eigenvalue weighted by molar-refractivity contribution is 0.0796. The minimum Gasteiger partial charge on any atom is -0.441 e. The molecule has 0 saturated heterocycles. The van der Waals surface area contributed by atoms with Gasteiger partial charge in [-0.1, -0.05) is 30.3 Å². The lowest BCUT2D eigenvalue weighted by Gasteiger charge is -2.19. The summed E-state index contributed by atoms with van der Waals surface area (Å²) in [5.74, 6) is 2.43. The zero-order valence-electron chi connectivity index (χ0n) is 17.1. The Balaban J connectivity index is 1.56. The summed E-state index contributed by atoms with van der Waals surface area (Å²) in [6, 6.07) is 12.3. The smallest absolute Gasteiger partial charge is 0.192 e. The summed E-state index contributed by atoms with van der Waals surface area (Å²) in [5.41, 5.74) is 3.53. The quantitative estimate of drug-likeness (QED) is 0.564.